The number of aromatic nitrogens is 1. The van der Waals surface area contributed by atoms with Crippen molar-refractivity contribution in [2.24, 2.45) is 15.7 Å². The lowest BCUT2D eigenvalue weighted by Gasteiger charge is -2.37. The Morgan fingerprint density at radius 2 is 2.25 bits per heavy atom. The topological polar surface area (TPSA) is 125 Å². The van der Waals surface area contributed by atoms with Gasteiger partial charge in [-0.3, -0.25) is 10.3 Å². The summed E-state index contributed by atoms with van der Waals surface area (Å²) in [5.74, 6) is 0.107. The van der Waals surface area contributed by atoms with E-state index in [1.54, 1.807) is 23.2 Å². The van der Waals surface area contributed by atoms with Crippen LogP contribution < -0.4 is 11.1 Å². The maximum absolute atomic E-state index is 12.6. The molecule has 2 aliphatic rings. The Hall–Kier alpha value is -2.85. The average molecular weight is 402 g/mol. The third-order valence-electron chi connectivity index (χ3n) is 4.50. The van der Waals surface area contributed by atoms with Crippen molar-refractivity contribution in [3.63, 3.8) is 0 Å². The summed E-state index contributed by atoms with van der Waals surface area (Å²) in [7, 11) is 1.43. The minimum absolute atomic E-state index is 0.107. The summed E-state index contributed by atoms with van der Waals surface area (Å²) in [5.41, 5.74) is 5.74. The highest BCUT2D eigenvalue weighted by molar-refractivity contribution is 8.27. The van der Waals surface area contributed by atoms with Crippen LogP contribution >= 0.6 is 11.8 Å². The molecule has 9 nitrogen and oxygen atoms in total. The molecular formula is C18H22N6O3S. The zero-order chi connectivity index (χ0) is 20.1. The highest BCUT2D eigenvalue weighted by Crippen LogP contribution is 2.31. The van der Waals surface area contributed by atoms with Gasteiger partial charge >= 0.3 is 6.03 Å². The molecule has 3 heterocycles. The first kappa shape index (κ1) is 19.9. The Morgan fingerprint density at radius 1 is 1.50 bits per heavy atom. The summed E-state index contributed by atoms with van der Waals surface area (Å²) in [6, 6.07) is 5.14. The van der Waals surface area contributed by atoms with E-state index in [0.29, 0.717) is 47.5 Å². The quantitative estimate of drug-likeness (QED) is 0.658. The van der Waals surface area contributed by atoms with E-state index >= 15 is 0 Å². The molecule has 0 spiro atoms. The number of nitrogens with two attached hydrogens (primary N) is 1. The number of aliphatic hydroxyl groups is 1. The first-order chi connectivity index (χ1) is 13.5. The molecule has 4 N–H and O–H groups in total. The van der Waals surface area contributed by atoms with Crippen molar-refractivity contribution < 1.29 is 14.6 Å². The van der Waals surface area contributed by atoms with Crippen LogP contribution in [-0.4, -0.2) is 51.4 Å². The summed E-state index contributed by atoms with van der Waals surface area (Å²) >= 11 is 1.17. The van der Waals surface area contributed by atoms with Gasteiger partial charge in [0.05, 0.1) is 12.8 Å². The third kappa shape index (κ3) is 4.18. The number of likely N-dealkylation sites (tertiary alicyclic amines) is 1. The first-order valence-corrected chi connectivity index (χ1v) is 9.47. The van der Waals surface area contributed by atoms with E-state index in [-0.39, 0.29) is 11.9 Å². The Balaban J connectivity index is 1.64. The number of methoxy groups -OCH3 is 1. The van der Waals surface area contributed by atoms with Gasteiger partial charge < -0.3 is 20.5 Å². The lowest BCUT2D eigenvalue weighted by molar-refractivity contribution is -0.0199. The minimum atomic E-state index is -1.02. The molecule has 0 bridgehead atoms. The second kappa shape index (κ2) is 8.44. The lowest BCUT2D eigenvalue weighted by Crippen LogP contribution is -2.49. The lowest BCUT2D eigenvalue weighted by atomic mass is 9.88. The highest BCUT2D eigenvalue weighted by Gasteiger charge is 2.37. The van der Waals surface area contributed by atoms with Crippen molar-refractivity contribution in [2.45, 2.75) is 18.4 Å². The number of nitrogens with zero attached hydrogens (tertiary/aromatic N) is 4. The molecule has 3 rings (SSSR count). The van der Waals surface area contributed by atoms with Crippen molar-refractivity contribution in [3.05, 3.63) is 54.4 Å². The fourth-order valence-corrected chi connectivity index (χ4v) is 3.77. The number of ether oxygens (including phenoxy) is 1. The molecule has 0 aliphatic carbocycles. The highest BCUT2D eigenvalue weighted by atomic mass is 32.2. The number of amidine groups is 1. The molecule has 0 saturated carbocycles. The van der Waals surface area contributed by atoms with Gasteiger partial charge in [-0.05, 0) is 36.7 Å². The zero-order valence-electron chi connectivity index (χ0n) is 15.5. The van der Waals surface area contributed by atoms with Crippen LogP contribution in [0.4, 0.5) is 4.79 Å². The fourth-order valence-electron chi connectivity index (χ4n) is 2.94. The summed E-state index contributed by atoms with van der Waals surface area (Å²) in [6.45, 7) is 4.35. The predicted octanol–water partition coefficient (Wildman–Crippen LogP) is 1.49. The van der Waals surface area contributed by atoms with E-state index in [9.17, 15) is 9.90 Å². The van der Waals surface area contributed by atoms with E-state index in [4.69, 9.17) is 10.5 Å². The summed E-state index contributed by atoms with van der Waals surface area (Å²) in [5, 5.41) is 14.4. The first-order valence-electron chi connectivity index (χ1n) is 8.66. The molecule has 2 aliphatic heterocycles. The Morgan fingerprint density at radius 3 is 2.86 bits per heavy atom. The van der Waals surface area contributed by atoms with Crippen LogP contribution in [0.15, 0.2) is 58.7 Å². The van der Waals surface area contributed by atoms with Gasteiger partial charge in [-0.1, -0.05) is 12.6 Å². The second-order valence-corrected chi connectivity index (χ2v) is 7.19. The monoisotopic (exact) mass is 402 g/mol. The molecule has 1 aromatic heterocycles. The van der Waals surface area contributed by atoms with Crippen LogP contribution in [0.2, 0.25) is 0 Å². The van der Waals surface area contributed by atoms with Gasteiger partial charge in [-0.25, -0.2) is 14.8 Å². The maximum atomic E-state index is 12.6. The van der Waals surface area contributed by atoms with Gasteiger partial charge in [0, 0.05) is 25.5 Å². The SMILES string of the molecule is C=C/N=C1/SC(NC(=O)N2CCC(O)(c3ccccn3)CC2)=N/C1=C(/N)OC. The Kier molecular flexibility index (Phi) is 6.00. The van der Waals surface area contributed by atoms with Crippen molar-refractivity contribution in [2.75, 3.05) is 20.2 Å². The zero-order valence-corrected chi connectivity index (χ0v) is 16.3. The third-order valence-corrected chi connectivity index (χ3v) is 5.38. The summed E-state index contributed by atoms with van der Waals surface area (Å²) in [4.78, 5) is 26.9. The Labute approximate surface area is 167 Å². The number of carbonyl (C=O) groups excluding carboxylic acids is 1. The summed E-state index contributed by atoms with van der Waals surface area (Å²) in [6.07, 6.45) is 3.83. The molecule has 0 radical (unpaired) electrons. The van der Waals surface area contributed by atoms with Crippen molar-refractivity contribution >= 4 is 28.0 Å². The number of hydrogen-bond acceptors (Lipinski definition) is 8. The standard InChI is InChI=1S/C18H22N6O3S/c1-3-20-15-13(14(19)27-2)22-16(28-15)23-17(25)24-10-7-18(26,8-11-24)12-6-4-5-9-21-12/h3-6,9,26H,1,7-8,10-11,19H2,2H3,(H,22,23,25)/b14-13-,20-15+. The molecule has 148 valence electrons. The number of piperidine rings is 1. The van der Waals surface area contributed by atoms with Crippen LogP contribution in [0, 0.1) is 0 Å². The number of aliphatic imine (C=N–C) groups is 2. The van der Waals surface area contributed by atoms with Crippen molar-refractivity contribution in [1.82, 2.24) is 15.2 Å². The molecule has 0 unspecified atom stereocenters. The van der Waals surface area contributed by atoms with Crippen molar-refractivity contribution in [1.29, 1.82) is 0 Å². The molecule has 1 saturated heterocycles. The number of pyridine rings is 1. The normalized spacial score (nSPS) is 21.9. The maximum Gasteiger partial charge on any atom is 0.323 e. The molecule has 10 heteroatoms. The molecule has 0 aromatic carbocycles. The number of rotatable bonds is 3. The van der Waals surface area contributed by atoms with Gasteiger partial charge in [0.15, 0.2) is 10.9 Å². The van der Waals surface area contributed by atoms with Crippen LogP contribution in [0.5, 0.6) is 0 Å². The van der Waals surface area contributed by atoms with Crippen molar-refractivity contribution in [3.8, 4) is 0 Å². The molecule has 0 atom stereocenters. The minimum Gasteiger partial charge on any atom is -0.481 e. The van der Waals surface area contributed by atoms with E-state index < -0.39 is 5.60 Å². The summed E-state index contributed by atoms with van der Waals surface area (Å²) < 4.78 is 5.01. The second-order valence-electron chi connectivity index (χ2n) is 6.22. The van der Waals surface area contributed by atoms with Gasteiger partial charge in [-0.15, -0.1) is 0 Å². The van der Waals surface area contributed by atoms with E-state index in [0.717, 1.165) is 0 Å². The van der Waals surface area contributed by atoms with Crippen LogP contribution in [0.3, 0.4) is 0 Å². The Bertz CT molecular complexity index is 844. The van der Waals surface area contributed by atoms with Crippen LogP contribution in [0.1, 0.15) is 18.5 Å². The van der Waals surface area contributed by atoms with Gasteiger partial charge in [0.25, 0.3) is 0 Å². The largest absolute Gasteiger partial charge is 0.481 e. The number of urea groups is 1. The van der Waals surface area contributed by atoms with E-state index in [2.05, 4.69) is 26.9 Å². The molecule has 1 aromatic rings. The fraction of sp³-hybridized carbons (Fsp3) is 0.333. The van der Waals surface area contributed by atoms with E-state index in [1.807, 2.05) is 6.07 Å². The van der Waals surface area contributed by atoms with Gasteiger partial charge in [-0.2, -0.15) is 0 Å². The van der Waals surface area contributed by atoms with Crippen LogP contribution in [0.25, 0.3) is 0 Å². The number of amides is 2. The van der Waals surface area contributed by atoms with Gasteiger partial charge in [0.1, 0.15) is 10.6 Å². The molecule has 1 fully saturated rings. The predicted molar refractivity (Wildman–Crippen MR) is 108 cm³/mol. The van der Waals surface area contributed by atoms with Crippen LogP contribution in [-0.2, 0) is 10.3 Å². The molecular weight excluding hydrogens is 380 g/mol. The molecule has 2 amide bonds. The molecule has 28 heavy (non-hydrogen) atoms. The number of thioether (sulfide) groups is 1. The number of hydrogen-bond donors (Lipinski definition) is 3. The number of nitrogens with one attached hydrogen (secondary N) is 1. The van der Waals surface area contributed by atoms with Gasteiger partial charge in [0.2, 0.25) is 5.88 Å². The average Bonchev–Trinajstić information content (AvgIpc) is 3.11. The van der Waals surface area contributed by atoms with E-state index in [1.165, 1.54) is 25.1 Å². The number of carbonyl (C=O) groups is 1. The smallest absolute Gasteiger partial charge is 0.323 e.